The number of rotatable bonds is 6. The lowest BCUT2D eigenvalue weighted by Crippen LogP contribution is -2.33. The molecular formula is C14H16N4O6S. The summed E-state index contributed by atoms with van der Waals surface area (Å²) in [6.45, 7) is -0.173. The van der Waals surface area contributed by atoms with Crippen molar-refractivity contribution in [1.29, 1.82) is 0 Å². The molecule has 2 amide bonds. The molecule has 11 heteroatoms. The van der Waals surface area contributed by atoms with Gasteiger partial charge in [0.05, 0.1) is 4.92 Å². The summed E-state index contributed by atoms with van der Waals surface area (Å²) in [7, 11) is 0. The number of oxime groups is 1. The second-order valence-corrected chi connectivity index (χ2v) is 5.92. The van der Waals surface area contributed by atoms with Crippen LogP contribution >= 0.6 is 12.6 Å². The van der Waals surface area contributed by atoms with Crippen molar-refractivity contribution in [1.82, 2.24) is 4.90 Å². The fourth-order valence-electron chi connectivity index (χ4n) is 2.08. The minimum atomic E-state index is -0.683. The lowest BCUT2D eigenvalue weighted by molar-refractivity contribution is -0.384. The molecule has 1 atom stereocenters. The Balaban J connectivity index is 1.93. The van der Waals surface area contributed by atoms with Crippen LogP contribution in [0.3, 0.4) is 0 Å². The van der Waals surface area contributed by atoms with E-state index in [2.05, 4.69) is 17.8 Å². The maximum absolute atomic E-state index is 12.2. The normalized spacial score (nSPS) is 18.2. The number of hydrogen-bond acceptors (Lipinski definition) is 8. The number of nitrogens with two attached hydrogens (primary N) is 1. The number of nitro benzene ring substituents is 1. The van der Waals surface area contributed by atoms with Gasteiger partial charge in [0.1, 0.15) is 6.61 Å². The van der Waals surface area contributed by atoms with Crippen molar-refractivity contribution >= 4 is 36.2 Å². The summed E-state index contributed by atoms with van der Waals surface area (Å²) < 4.78 is 5.17. The number of non-ortho nitro benzene ring substituents is 1. The molecule has 10 nitrogen and oxygen atoms in total. The number of amidine groups is 1. The summed E-state index contributed by atoms with van der Waals surface area (Å²) in [6, 6.07) is 5.66. The predicted octanol–water partition coefficient (Wildman–Crippen LogP) is 1.05. The van der Waals surface area contributed by atoms with Crippen molar-refractivity contribution < 1.29 is 24.1 Å². The number of benzene rings is 1. The summed E-state index contributed by atoms with van der Waals surface area (Å²) in [6.07, 6.45) is -0.287. The van der Waals surface area contributed by atoms with Crippen LogP contribution in [0.25, 0.3) is 0 Å². The van der Waals surface area contributed by atoms with Crippen molar-refractivity contribution in [2.75, 3.05) is 13.2 Å². The van der Waals surface area contributed by atoms with E-state index in [4.69, 9.17) is 15.3 Å². The molecule has 1 aromatic carbocycles. The summed E-state index contributed by atoms with van der Waals surface area (Å²) >= 11 is 4.30. The first kappa shape index (κ1) is 18.5. The Hall–Kier alpha value is -2.82. The van der Waals surface area contributed by atoms with Crippen LogP contribution < -0.4 is 5.73 Å². The monoisotopic (exact) mass is 368 g/mol. The summed E-state index contributed by atoms with van der Waals surface area (Å²) in [4.78, 5) is 38.9. The Morgan fingerprint density at radius 3 is 2.68 bits per heavy atom. The maximum Gasteiger partial charge on any atom is 0.415 e. The zero-order valence-corrected chi connectivity index (χ0v) is 13.9. The number of carbonyl (C=O) groups is 2. The molecule has 1 fully saturated rings. The number of hydrogen-bond donors (Lipinski definition) is 2. The number of primary amides is 1. The maximum atomic E-state index is 12.2. The van der Waals surface area contributed by atoms with Gasteiger partial charge in [0.2, 0.25) is 0 Å². The van der Waals surface area contributed by atoms with Crippen LogP contribution in [0.5, 0.6) is 0 Å². The van der Waals surface area contributed by atoms with Crippen molar-refractivity contribution in [2.24, 2.45) is 10.9 Å². The SMILES string of the molecule is NC(=O)CO/N=C1\CC(S)CN1C(=O)OCc1ccc([N+](=O)[O-])cc1. The fraction of sp³-hybridized carbons (Fsp3) is 0.357. The third-order valence-electron chi connectivity index (χ3n) is 3.23. The zero-order chi connectivity index (χ0) is 18.4. The Labute approximate surface area is 148 Å². The Morgan fingerprint density at radius 2 is 2.08 bits per heavy atom. The van der Waals surface area contributed by atoms with Crippen LogP contribution in [0.1, 0.15) is 12.0 Å². The smallest absolute Gasteiger partial charge is 0.415 e. The van der Waals surface area contributed by atoms with Gasteiger partial charge in [-0.15, -0.1) is 0 Å². The van der Waals surface area contributed by atoms with Gasteiger partial charge in [-0.2, -0.15) is 12.6 Å². The van der Waals surface area contributed by atoms with Gasteiger partial charge in [0.25, 0.3) is 11.6 Å². The molecule has 1 unspecified atom stereocenters. The molecule has 0 radical (unpaired) electrons. The van der Waals surface area contributed by atoms with Gasteiger partial charge in [0.15, 0.2) is 12.4 Å². The van der Waals surface area contributed by atoms with E-state index in [9.17, 15) is 19.7 Å². The van der Waals surface area contributed by atoms with E-state index in [0.29, 0.717) is 12.0 Å². The van der Waals surface area contributed by atoms with Crippen LogP contribution in [0.2, 0.25) is 0 Å². The summed E-state index contributed by atoms with van der Waals surface area (Å²) in [5.74, 6) is -0.396. The molecule has 2 N–H and O–H groups in total. The lowest BCUT2D eigenvalue weighted by Gasteiger charge is -2.16. The number of amides is 2. The number of nitro groups is 1. The summed E-state index contributed by atoms with van der Waals surface area (Å²) in [5.41, 5.74) is 5.50. The van der Waals surface area contributed by atoms with E-state index < -0.39 is 23.5 Å². The standard InChI is InChI=1S/C14H16N4O6S/c15-12(19)8-24-16-13-5-11(25)6-17(13)14(20)23-7-9-1-3-10(4-2-9)18(21)22/h1-4,11,25H,5-8H2,(H2,15,19)/b16-13+. The van der Waals surface area contributed by atoms with Crippen LogP contribution in [-0.2, 0) is 21.0 Å². The number of carbonyl (C=O) groups excluding carboxylic acids is 2. The average Bonchev–Trinajstić information content (AvgIpc) is 2.93. The first-order valence-electron chi connectivity index (χ1n) is 7.19. The highest BCUT2D eigenvalue weighted by Gasteiger charge is 2.32. The molecule has 1 aromatic rings. The molecule has 1 heterocycles. The number of nitrogens with zero attached hydrogens (tertiary/aromatic N) is 3. The molecule has 0 saturated carbocycles. The van der Waals surface area contributed by atoms with Gasteiger partial charge in [0, 0.05) is 30.3 Å². The van der Waals surface area contributed by atoms with E-state index in [1.54, 1.807) is 0 Å². The van der Waals surface area contributed by atoms with E-state index in [1.807, 2.05) is 0 Å². The predicted molar refractivity (Wildman–Crippen MR) is 90.0 cm³/mol. The molecule has 0 aromatic heterocycles. The molecular weight excluding hydrogens is 352 g/mol. The van der Waals surface area contributed by atoms with Gasteiger partial charge < -0.3 is 15.3 Å². The molecule has 0 aliphatic carbocycles. The minimum absolute atomic E-state index is 0.0476. The first-order valence-corrected chi connectivity index (χ1v) is 7.71. The molecule has 1 aliphatic heterocycles. The quantitative estimate of drug-likeness (QED) is 0.437. The Bertz CT molecular complexity index is 693. The van der Waals surface area contributed by atoms with Gasteiger partial charge in [-0.25, -0.2) is 4.79 Å². The van der Waals surface area contributed by atoms with Crippen molar-refractivity contribution in [2.45, 2.75) is 18.3 Å². The third-order valence-corrected chi connectivity index (χ3v) is 3.58. The Morgan fingerprint density at radius 1 is 1.40 bits per heavy atom. The second-order valence-electron chi connectivity index (χ2n) is 5.19. The van der Waals surface area contributed by atoms with Gasteiger partial charge in [-0.3, -0.25) is 19.8 Å². The van der Waals surface area contributed by atoms with E-state index in [1.165, 1.54) is 29.2 Å². The Kier molecular flexibility index (Phi) is 6.17. The lowest BCUT2D eigenvalue weighted by atomic mass is 10.2. The van der Waals surface area contributed by atoms with Crippen LogP contribution in [0.15, 0.2) is 29.4 Å². The zero-order valence-electron chi connectivity index (χ0n) is 13.0. The molecule has 134 valence electrons. The average molecular weight is 368 g/mol. The van der Waals surface area contributed by atoms with Crippen LogP contribution in [0.4, 0.5) is 10.5 Å². The third kappa shape index (κ3) is 5.35. The molecule has 1 saturated heterocycles. The highest BCUT2D eigenvalue weighted by Crippen LogP contribution is 2.19. The largest absolute Gasteiger partial charge is 0.444 e. The highest BCUT2D eigenvalue weighted by atomic mass is 32.1. The van der Waals surface area contributed by atoms with Gasteiger partial charge in [-0.05, 0) is 17.7 Å². The molecule has 25 heavy (non-hydrogen) atoms. The van der Waals surface area contributed by atoms with Gasteiger partial charge >= 0.3 is 6.09 Å². The molecule has 1 aliphatic rings. The van der Waals surface area contributed by atoms with Crippen molar-refractivity contribution in [3.63, 3.8) is 0 Å². The molecule has 2 rings (SSSR count). The minimum Gasteiger partial charge on any atom is -0.444 e. The van der Waals surface area contributed by atoms with Crippen molar-refractivity contribution in [3.05, 3.63) is 39.9 Å². The number of thiol groups is 1. The van der Waals surface area contributed by atoms with Crippen LogP contribution in [-0.4, -0.2) is 46.1 Å². The molecule has 0 spiro atoms. The van der Waals surface area contributed by atoms with E-state index >= 15 is 0 Å². The van der Waals surface area contributed by atoms with Crippen LogP contribution in [0, 0.1) is 10.1 Å². The topological polar surface area (TPSA) is 137 Å². The summed E-state index contributed by atoms with van der Waals surface area (Å²) in [5, 5.41) is 14.2. The fourth-order valence-corrected chi connectivity index (χ4v) is 2.40. The second kappa shape index (κ2) is 8.33. The number of ether oxygens (including phenoxy) is 1. The molecule has 0 bridgehead atoms. The first-order chi connectivity index (χ1) is 11.9. The van der Waals surface area contributed by atoms with Crippen molar-refractivity contribution in [3.8, 4) is 0 Å². The number of likely N-dealkylation sites (tertiary alicyclic amines) is 1. The van der Waals surface area contributed by atoms with E-state index in [0.717, 1.165) is 0 Å². The van der Waals surface area contributed by atoms with E-state index in [-0.39, 0.29) is 29.9 Å². The van der Waals surface area contributed by atoms with Gasteiger partial charge in [-0.1, -0.05) is 5.16 Å². The highest BCUT2D eigenvalue weighted by molar-refractivity contribution is 7.81.